The van der Waals surface area contributed by atoms with Gasteiger partial charge in [-0.2, -0.15) is 35.1 Å². The number of benzene rings is 2. The van der Waals surface area contributed by atoms with Gasteiger partial charge >= 0.3 is 12.4 Å². The number of methoxy groups -OCH3 is 1. The van der Waals surface area contributed by atoms with Gasteiger partial charge < -0.3 is 10.1 Å². The summed E-state index contributed by atoms with van der Waals surface area (Å²) in [7, 11) is 1.33. The van der Waals surface area contributed by atoms with E-state index in [1.807, 2.05) is 0 Å². The van der Waals surface area contributed by atoms with Crippen LogP contribution in [0.2, 0.25) is 0 Å². The lowest BCUT2D eigenvalue weighted by Gasteiger charge is -2.23. The summed E-state index contributed by atoms with van der Waals surface area (Å²) in [5.74, 6) is -5.58. The van der Waals surface area contributed by atoms with Crippen LogP contribution in [0.25, 0.3) is 11.1 Å². The highest BCUT2D eigenvalue weighted by Gasteiger charge is 2.43. The number of carbonyl (C=O) groups is 1. The molecule has 12 heteroatoms. The Labute approximate surface area is 193 Å². The number of nitrogens with one attached hydrogen (secondary N) is 1. The molecule has 1 heterocycles. The van der Waals surface area contributed by atoms with E-state index >= 15 is 0 Å². The molecule has 0 bridgehead atoms. The molecule has 1 amide bonds. The van der Waals surface area contributed by atoms with Gasteiger partial charge in [0.05, 0.1) is 30.3 Å². The molecule has 0 saturated heterocycles. The van der Waals surface area contributed by atoms with E-state index in [2.05, 4.69) is 4.98 Å². The Morgan fingerprint density at radius 3 is 2.03 bits per heavy atom. The molecule has 0 saturated carbocycles. The number of aromatic nitrogens is 1. The van der Waals surface area contributed by atoms with Gasteiger partial charge in [-0.15, -0.1) is 0 Å². The van der Waals surface area contributed by atoms with Crippen molar-refractivity contribution in [3.63, 3.8) is 0 Å². The molecule has 0 aliphatic carbocycles. The summed E-state index contributed by atoms with van der Waals surface area (Å²) in [4.78, 5) is 16.0. The quantitative estimate of drug-likeness (QED) is 0.400. The first-order chi connectivity index (χ1) is 16.2. The molecule has 0 fully saturated rings. The van der Waals surface area contributed by atoms with Crippen LogP contribution in [0, 0.1) is 0 Å². The molecule has 2 aromatic carbocycles. The van der Waals surface area contributed by atoms with Gasteiger partial charge in [0.25, 0.3) is 11.8 Å². The lowest BCUT2D eigenvalue weighted by molar-refractivity contribution is -0.142. The minimum atomic E-state index is -5.19. The van der Waals surface area contributed by atoms with Gasteiger partial charge in [-0.05, 0) is 29.8 Å². The van der Waals surface area contributed by atoms with Crippen LogP contribution in [-0.4, -0.2) is 24.5 Å². The molecule has 0 aliphatic heterocycles. The fraction of sp³-hybridized carbons (Fsp3) is 0.217. The lowest BCUT2D eigenvalue weighted by atomic mass is 9.95. The average molecular weight is 504 g/mol. The Hall–Kier alpha value is -3.70. The van der Waals surface area contributed by atoms with Crippen molar-refractivity contribution in [2.24, 2.45) is 0 Å². The molecule has 186 valence electrons. The monoisotopic (exact) mass is 504 g/mol. The third kappa shape index (κ3) is 5.87. The molecule has 0 spiro atoms. The fourth-order valence-electron chi connectivity index (χ4n) is 3.26. The van der Waals surface area contributed by atoms with E-state index in [-0.39, 0.29) is 17.0 Å². The predicted octanol–water partition coefficient (Wildman–Crippen LogP) is 6.32. The summed E-state index contributed by atoms with van der Waals surface area (Å²) < 4.78 is 115. The largest absolute Gasteiger partial charge is 0.481 e. The lowest BCUT2D eigenvalue weighted by Crippen LogP contribution is -2.37. The Morgan fingerprint density at radius 1 is 0.829 bits per heavy atom. The second-order valence-corrected chi connectivity index (χ2v) is 7.28. The molecule has 1 N–H and O–H groups in total. The number of hydrogen-bond acceptors (Lipinski definition) is 3. The van der Waals surface area contributed by atoms with E-state index in [9.17, 15) is 39.9 Å². The molecule has 1 aromatic heterocycles. The zero-order chi connectivity index (χ0) is 26.0. The standard InChI is InChI=1S/C23H16F8N2O2/c1-35-19-9-7-14(11-32-19)13-6-8-17(18(10-13)23(29,30)31)21(24,25)12-33-20(34)15-4-2-3-5-16(15)22(26,27)28/h2-11H,12H2,1H3,(H,33,34). The minimum Gasteiger partial charge on any atom is -0.481 e. The Kier molecular flexibility index (Phi) is 7.04. The molecule has 3 rings (SSSR count). The fourth-order valence-corrected chi connectivity index (χ4v) is 3.26. The van der Waals surface area contributed by atoms with Crippen molar-refractivity contribution in [2.45, 2.75) is 18.3 Å². The van der Waals surface area contributed by atoms with Crippen LogP contribution in [0.1, 0.15) is 27.0 Å². The Balaban J connectivity index is 1.91. The molecule has 0 radical (unpaired) electrons. The van der Waals surface area contributed by atoms with E-state index in [0.717, 1.165) is 24.3 Å². The Bertz CT molecular complexity index is 1210. The van der Waals surface area contributed by atoms with Crippen molar-refractivity contribution >= 4 is 5.91 Å². The van der Waals surface area contributed by atoms with Crippen molar-refractivity contribution in [1.82, 2.24) is 10.3 Å². The van der Waals surface area contributed by atoms with Gasteiger partial charge in [-0.1, -0.05) is 24.3 Å². The molecular weight excluding hydrogens is 488 g/mol. The van der Waals surface area contributed by atoms with Gasteiger partial charge in [0.1, 0.15) is 0 Å². The van der Waals surface area contributed by atoms with Crippen LogP contribution in [0.3, 0.4) is 0 Å². The van der Waals surface area contributed by atoms with Crippen LogP contribution in [0.4, 0.5) is 35.1 Å². The second-order valence-electron chi connectivity index (χ2n) is 7.28. The summed E-state index contributed by atoms with van der Waals surface area (Å²) >= 11 is 0. The van der Waals surface area contributed by atoms with Crippen LogP contribution in [0.5, 0.6) is 5.88 Å². The molecule has 35 heavy (non-hydrogen) atoms. The number of nitrogens with zero attached hydrogens (tertiary/aromatic N) is 1. The van der Waals surface area contributed by atoms with E-state index in [1.54, 1.807) is 5.32 Å². The van der Waals surface area contributed by atoms with Gasteiger partial charge in [0.2, 0.25) is 5.88 Å². The number of hydrogen-bond donors (Lipinski definition) is 1. The molecule has 0 aliphatic rings. The topological polar surface area (TPSA) is 51.2 Å². The average Bonchev–Trinajstić information content (AvgIpc) is 2.81. The van der Waals surface area contributed by atoms with Gasteiger partial charge in [-0.3, -0.25) is 4.79 Å². The number of pyridine rings is 1. The normalized spacial score (nSPS) is 12.4. The van der Waals surface area contributed by atoms with Crippen molar-refractivity contribution in [1.29, 1.82) is 0 Å². The second kappa shape index (κ2) is 9.51. The number of rotatable bonds is 6. The first kappa shape index (κ1) is 25.9. The molecule has 4 nitrogen and oxygen atoms in total. The molecule has 3 aromatic rings. The maximum Gasteiger partial charge on any atom is 0.417 e. The number of alkyl halides is 8. The van der Waals surface area contributed by atoms with E-state index in [0.29, 0.717) is 18.2 Å². The number of amides is 1. The van der Waals surface area contributed by atoms with Crippen LogP contribution in [0.15, 0.2) is 60.8 Å². The summed E-state index contributed by atoms with van der Waals surface area (Å²) in [6, 6.07) is 8.29. The zero-order valence-electron chi connectivity index (χ0n) is 17.8. The highest BCUT2D eigenvalue weighted by molar-refractivity contribution is 5.95. The summed E-state index contributed by atoms with van der Waals surface area (Å²) in [6.45, 7) is -1.66. The highest BCUT2D eigenvalue weighted by Crippen LogP contribution is 2.41. The van der Waals surface area contributed by atoms with Crippen molar-refractivity contribution < 1.29 is 44.7 Å². The zero-order valence-corrected chi connectivity index (χ0v) is 17.8. The van der Waals surface area contributed by atoms with Gasteiger partial charge in [0, 0.05) is 23.4 Å². The predicted molar refractivity (Wildman–Crippen MR) is 109 cm³/mol. The van der Waals surface area contributed by atoms with Gasteiger partial charge in [-0.25, -0.2) is 4.98 Å². The Morgan fingerprint density at radius 2 is 1.46 bits per heavy atom. The molecule has 0 unspecified atom stereocenters. The first-order valence-electron chi connectivity index (χ1n) is 9.78. The number of ether oxygens (including phenoxy) is 1. The van der Waals surface area contributed by atoms with Crippen molar-refractivity contribution in [3.8, 4) is 17.0 Å². The SMILES string of the molecule is COc1ccc(-c2ccc(C(F)(F)CNC(=O)c3ccccc3C(F)(F)F)c(C(F)(F)F)c2)cn1. The highest BCUT2D eigenvalue weighted by atomic mass is 19.4. The third-order valence-corrected chi connectivity index (χ3v) is 4.95. The van der Waals surface area contributed by atoms with Crippen LogP contribution in [-0.2, 0) is 18.3 Å². The van der Waals surface area contributed by atoms with E-state index in [1.165, 1.54) is 25.4 Å². The summed E-state index contributed by atoms with van der Waals surface area (Å²) in [6.07, 6.45) is -8.93. The maximum atomic E-state index is 14.8. The summed E-state index contributed by atoms with van der Waals surface area (Å²) in [5, 5.41) is 1.61. The van der Waals surface area contributed by atoms with Crippen molar-refractivity contribution in [3.05, 3.63) is 83.0 Å². The minimum absolute atomic E-state index is 0.0600. The van der Waals surface area contributed by atoms with Crippen molar-refractivity contribution in [2.75, 3.05) is 13.7 Å². The van der Waals surface area contributed by atoms with Gasteiger partial charge in [0.15, 0.2) is 0 Å². The smallest absolute Gasteiger partial charge is 0.417 e. The van der Waals surface area contributed by atoms with Crippen LogP contribution >= 0.6 is 0 Å². The molecular formula is C23H16F8N2O2. The first-order valence-corrected chi connectivity index (χ1v) is 9.78. The third-order valence-electron chi connectivity index (χ3n) is 4.95. The maximum absolute atomic E-state index is 14.8. The molecule has 0 atom stereocenters. The summed E-state index contributed by atoms with van der Waals surface area (Å²) in [5.41, 5.74) is -5.28. The van der Waals surface area contributed by atoms with Crippen LogP contribution < -0.4 is 10.1 Å². The number of halogens is 8. The number of carbonyl (C=O) groups excluding carboxylic acids is 1. The van der Waals surface area contributed by atoms with E-state index < -0.39 is 53.0 Å². The van der Waals surface area contributed by atoms with E-state index in [4.69, 9.17) is 4.74 Å².